The van der Waals surface area contributed by atoms with Gasteiger partial charge in [0.15, 0.2) is 9.84 Å². The number of aromatic nitrogens is 1. The number of alkyl halides is 6. The normalized spacial score (nSPS) is 22.8. The van der Waals surface area contributed by atoms with Gasteiger partial charge in [-0.25, -0.2) is 17.2 Å². The lowest BCUT2D eigenvalue weighted by molar-refractivity contribution is -0.199. The van der Waals surface area contributed by atoms with Crippen LogP contribution in [0.15, 0.2) is 35.5 Å². The molecule has 2 aromatic rings. The Labute approximate surface area is 222 Å². The lowest BCUT2D eigenvalue weighted by Crippen LogP contribution is -2.65. The average molecular weight is 600 g/mol. The van der Waals surface area contributed by atoms with Crippen molar-refractivity contribution in [2.45, 2.75) is 48.0 Å². The lowest BCUT2D eigenvalue weighted by Gasteiger charge is -2.46. The number of primary amides is 1. The van der Waals surface area contributed by atoms with Gasteiger partial charge in [0.2, 0.25) is 5.91 Å². The predicted octanol–water partition coefficient (Wildman–Crippen LogP) is 4.22. The molecule has 1 aromatic heterocycles. The molecule has 1 saturated carbocycles. The van der Waals surface area contributed by atoms with E-state index in [2.05, 4.69) is 4.98 Å². The first kappa shape index (κ1) is 29.7. The quantitative estimate of drug-likeness (QED) is 0.500. The third-order valence-electron chi connectivity index (χ3n) is 7.34. The van der Waals surface area contributed by atoms with Crippen LogP contribution in [-0.4, -0.2) is 54.6 Å². The van der Waals surface area contributed by atoms with Crippen LogP contribution in [0.5, 0.6) is 0 Å². The van der Waals surface area contributed by atoms with E-state index in [1.165, 1.54) is 0 Å². The zero-order valence-corrected chi connectivity index (χ0v) is 21.3. The zero-order chi connectivity index (χ0) is 30.0. The van der Waals surface area contributed by atoms with Crippen molar-refractivity contribution < 1.29 is 53.1 Å². The molecule has 0 spiro atoms. The highest BCUT2D eigenvalue weighted by Crippen LogP contribution is 2.59. The molecular weight excluding hydrogens is 578 g/mol. The Balaban J connectivity index is 1.98. The van der Waals surface area contributed by atoms with Crippen molar-refractivity contribution in [3.63, 3.8) is 0 Å². The molecule has 2 heterocycles. The Morgan fingerprint density at radius 1 is 1.02 bits per heavy atom. The summed E-state index contributed by atoms with van der Waals surface area (Å²) in [5.41, 5.74) is -1.03. The van der Waals surface area contributed by atoms with Crippen molar-refractivity contribution in [1.82, 2.24) is 9.88 Å². The fourth-order valence-corrected chi connectivity index (χ4v) is 6.16. The standard InChI is InChI=1S/C24H21F8N3O4S/c1-40(38,39)13-6-12(9-34-10-13)20(36)35-5-4-18(24(30,31)32)22(35,21(33)37)19(11-2-3-11)14-7-17(26)15(8-16(14)25)23(27,28)29/h6-11,18-19H,2-5H2,1H3,(H2,33,37)/t18?,19-,22+/m1/s1. The fourth-order valence-electron chi connectivity index (χ4n) is 5.57. The molecule has 1 aromatic carbocycles. The number of nitrogens with two attached hydrogens (primary N) is 1. The van der Waals surface area contributed by atoms with E-state index in [-0.39, 0.29) is 25.0 Å². The Morgan fingerprint density at radius 2 is 1.65 bits per heavy atom. The monoisotopic (exact) mass is 599 g/mol. The van der Waals surface area contributed by atoms with Crippen molar-refractivity contribution in [2.24, 2.45) is 17.6 Å². The number of halogens is 8. The molecule has 3 atom stereocenters. The van der Waals surface area contributed by atoms with Gasteiger partial charge >= 0.3 is 12.4 Å². The predicted molar refractivity (Wildman–Crippen MR) is 121 cm³/mol. The van der Waals surface area contributed by atoms with Crippen LogP contribution < -0.4 is 5.73 Å². The number of nitrogens with zero attached hydrogens (tertiary/aromatic N) is 2. The summed E-state index contributed by atoms with van der Waals surface area (Å²) in [4.78, 5) is 30.4. The number of benzene rings is 1. The highest BCUT2D eigenvalue weighted by molar-refractivity contribution is 7.90. The Bertz CT molecular complexity index is 1470. The highest BCUT2D eigenvalue weighted by atomic mass is 32.2. The lowest BCUT2D eigenvalue weighted by atomic mass is 9.67. The van der Waals surface area contributed by atoms with Gasteiger partial charge in [0, 0.05) is 31.1 Å². The summed E-state index contributed by atoms with van der Waals surface area (Å²) in [6.07, 6.45) is -8.78. The van der Waals surface area contributed by atoms with Gasteiger partial charge in [0.1, 0.15) is 17.2 Å². The average Bonchev–Trinajstić information content (AvgIpc) is 3.57. The number of hydrogen-bond donors (Lipinski definition) is 1. The second-order valence-electron chi connectivity index (χ2n) is 9.88. The minimum absolute atomic E-state index is 0.0828. The number of sulfone groups is 1. The van der Waals surface area contributed by atoms with E-state index in [0.717, 1.165) is 24.7 Å². The summed E-state index contributed by atoms with van der Waals surface area (Å²) >= 11 is 0. The molecule has 16 heteroatoms. The molecule has 40 heavy (non-hydrogen) atoms. The van der Waals surface area contributed by atoms with Crippen LogP contribution in [-0.2, 0) is 20.8 Å². The van der Waals surface area contributed by atoms with Crippen LogP contribution >= 0.6 is 0 Å². The third-order valence-corrected chi connectivity index (χ3v) is 8.42. The van der Waals surface area contributed by atoms with Crippen molar-refractivity contribution in [3.8, 4) is 0 Å². The van der Waals surface area contributed by atoms with Gasteiger partial charge in [-0.05, 0) is 48.9 Å². The maximum atomic E-state index is 15.3. The van der Waals surface area contributed by atoms with E-state index in [1.807, 2.05) is 0 Å². The largest absolute Gasteiger partial charge is 0.419 e. The van der Waals surface area contributed by atoms with Crippen molar-refractivity contribution >= 4 is 21.7 Å². The number of likely N-dealkylation sites (tertiary alicyclic amines) is 1. The van der Waals surface area contributed by atoms with E-state index >= 15 is 4.39 Å². The van der Waals surface area contributed by atoms with Crippen LogP contribution in [0.2, 0.25) is 0 Å². The number of rotatable bonds is 6. The van der Waals surface area contributed by atoms with Crippen molar-refractivity contribution in [3.05, 3.63) is 58.9 Å². The first-order chi connectivity index (χ1) is 18.3. The van der Waals surface area contributed by atoms with Crippen LogP contribution in [0.1, 0.15) is 46.7 Å². The third kappa shape index (κ3) is 5.01. The molecule has 2 fully saturated rings. The Morgan fingerprint density at radius 3 is 2.15 bits per heavy atom. The summed E-state index contributed by atoms with van der Waals surface area (Å²) in [7, 11) is -3.94. The van der Waals surface area contributed by atoms with E-state index in [4.69, 9.17) is 5.73 Å². The summed E-state index contributed by atoms with van der Waals surface area (Å²) in [5.74, 6) is -12.4. The number of amides is 2. The second kappa shape index (κ2) is 9.66. The minimum atomic E-state index is -5.33. The van der Waals surface area contributed by atoms with Gasteiger partial charge in [-0.3, -0.25) is 14.6 Å². The maximum Gasteiger partial charge on any atom is 0.419 e. The first-order valence-corrected chi connectivity index (χ1v) is 13.6. The number of pyridine rings is 1. The molecule has 2 aliphatic rings. The van der Waals surface area contributed by atoms with E-state index in [9.17, 15) is 48.7 Å². The van der Waals surface area contributed by atoms with E-state index in [0.29, 0.717) is 4.90 Å². The van der Waals surface area contributed by atoms with Gasteiger partial charge in [-0.1, -0.05) is 0 Å². The molecule has 7 nitrogen and oxygen atoms in total. The summed E-state index contributed by atoms with van der Waals surface area (Å²) in [6.45, 7) is -0.761. The van der Waals surface area contributed by atoms with Crippen LogP contribution in [0.3, 0.4) is 0 Å². The molecule has 4 rings (SSSR count). The van der Waals surface area contributed by atoms with Gasteiger partial charge in [0.05, 0.1) is 21.9 Å². The first-order valence-electron chi connectivity index (χ1n) is 11.7. The zero-order valence-electron chi connectivity index (χ0n) is 20.5. The molecule has 0 bridgehead atoms. The van der Waals surface area contributed by atoms with E-state index < -0.39 is 103 Å². The summed E-state index contributed by atoms with van der Waals surface area (Å²) in [6, 6.07) is 0.700. The molecule has 1 unspecified atom stereocenters. The molecule has 0 radical (unpaired) electrons. The van der Waals surface area contributed by atoms with Gasteiger partial charge < -0.3 is 10.6 Å². The molecular formula is C24H21F8N3O4S. The summed E-state index contributed by atoms with van der Waals surface area (Å²) in [5, 5.41) is 0. The van der Waals surface area contributed by atoms with Crippen LogP contribution in [0.4, 0.5) is 35.1 Å². The fraction of sp³-hybridized carbons (Fsp3) is 0.458. The van der Waals surface area contributed by atoms with Crippen LogP contribution in [0.25, 0.3) is 0 Å². The van der Waals surface area contributed by atoms with Crippen molar-refractivity contribution in [1.29, 1.82) is 0 Å². The summed E-state index contributed by atoms with van der Waals surface area (Å²) < 4.78 is 137. The Kier molecular flexibility index (Phi) is 7.17. The van der Waals surface area contributed by atoms with E-state index in [1.54, 1.807) is 0 Å². The number of carbonyl (C=O) groups excluding carboxylic acids is 2. The molecule has 1 saturated heterocycles. The molecule has 1 aliphatic carbocycles. The van der Waals surface area contributed by atoms with Gasteiger partial charge in [-0.15, -0.1) is 0 Å². The topological polar surface area (TPSA) is 110 Å². The number of hydrogen-bond acceptors (Lipinski definition) is 5. The number of carbonyl (C=O) groups is 2. The van der Waals surface area contributed by atoms with Gasteiger partial charge in [0.25, 0.3) is 5.91 Å². The maximum absolute atomic E-state index is 15.3. The minimum Gasteiger partial charge on any atom is -0.368 e. The molecule has 218 valence electrons. The SMILES string of the molecule is CS(=O)(=O)c1cncc(C(=O)N2CCC(C(F)(F)F)[C@@]2(C(N)=O)[C@@H](c2cc(F)c(C(F)(F)F)cc2F)C2CC2)c1. The highest BCUT2D eigenvalue weighted by Gasteiger charge is 2.70. The second-order valence-corrected chi connectivity index (χ2v) is 11.9. The Hall–Kier alpha value is -3.30. The van der Waals surface area contributed by atoms with Crippen LogP contribution in [0, 0.1) is 23.5 Å². The van der Waals surface area contributed by atoms with Crippen molar-refractivity contribution in [2.75, 3.05) is 12.8 Å². The molecule has 2 amide bonds. The molecule has 1 aliphatic heterocycles. The smallest absolute Gasteiger partial charge is 0.368 e. The molecule has 2 N–H and O–H groups in total. The van der Waals surface area contributed by atoms with Gasteiger partial charge in [-0.2, -0.15) is 26.3 Å².